The van der Waals surface area contributed by atoms with Gasteiger partial charge in [-0.3, -0.25) is 4.79 Å². The van der Waals surface area contributed by atoms with E-state index >= 15 is 0 Å². The molecule has 0 aliphatic rings. The van der Waals surface area contributed by atoms with Gasteiger partial charge >= 0.3 is 0 Å². The Kier molecular flexibility index (Phi) is 4.02. The first kappa shape index (κ1) is 14.2. The molecule has 0 radical (unpaired) electrons. The van der Waals surface area contributed by atoms with Crippen LogP contribution in [0.4, 0.5) is 8.78 Å². The highest BCUT2D eigenvalue weighted by molar-refractivity contribution is 9.10. The topological polar surface area (TPSA) is 17.1 Å². The molecule has 0 heterocycles. The molecular weight excluding hydrogens is 338 g/mol. The van der Waals surface area contributed by atoms with Crippen molar-refractivity contribution in [1.82, 2.24) is 0 Å². The quantitative estimate of drug-likeness (QED) is 0.706. The molecule has 0 bridgehead atoms. The summed E-state index contributed by atoms with van der Waals surface area (Å²) < 4.78 is 26.8. The molecule has 0 spiro atoms. The van der Waals surface area contributed by atoms with Crippen molar-refractivity contribution in [2.45, 2.75) is 6.92 Å². The van der Waals surface area contributed by atoms with Crippen molar-refractivity contribution >= 4 is 33.3 Å². The molecule has 0 aromatic heterocycles. The third kappa shape index (κ3) is 2.69. The fourth-order valence-corrected chi connectivity index (χ4v) is 2.34. The lowest BCUT2D eigenvalue weighted by atomic mass is 10.0. The highest BCUT2D eigenvalue weighted by Gasteiger charge is 2.18. The van der Waals surface area contributed by atoms with Crippen LogP contribution in [-0.4, -0.2) is 5.78 Å². The molecule has 0 saturated carbocycles. The van der Waals surface area contributed by atoms with E-state index in [0.717, 1.165) is 6.07 Å². The van der Waals surface area contributed by atoms with E-state index in [-0.39, 0.29) is 20.6 Å². The van der Waals surface area contributed by atoms with Gasteiger partial charge in [0.15, 0.2) is 5.78 Å². The fourth-order valence-electron chi connectivity index (χ4n) is 1.66. The van der Waals surface area contributed by atoms with Gasteiger partial charge in [0.05, 0.1) is 9.50 Å². The van der Waals surface area contributed by atoms with Crippen molar-refractivity contribution in [1.29, 1.82) is 0 Å². The van der Waals surface area contributed by atoms with E-state index in [0.29, 0.717) is 5.56 Å². The summed E-state index contributed by atoms with van der Waals surface area (Å²) >= 11 is 8.89. The average molecular weight is 346 g/mol. The molecular formula is C14H8BrClF2O. The van der Waals surface area contributed by atoms with Crippen LogP contribution in [0.15, 0.2) is 34.8 Å². The van der Waals surface area contributed by atoms with Gasteiger partial charge in [-0.2, -0.15) is 0 Å². The zero-order valence-electron chi connectivity index (χ0n) is 9.81. The summed E-state index contributed by atoms with van der Waals surface area (Å²) in [4.78, 5) is 12.3. The lowest BCUT2D eigenvalue weighted by molar-refractivity contribution is 0.103. The van der Waals surface area contributed by atoms with Crippen LogP contribution in [0.1, 0.15) is 21.5 Å². The Hall–Kier alpha value is -1.26. The van der Waals surface area contributed by atoms with Gasteiger partial charge in [0.1, 0.15) is 11.6 Å². The summed E-state index contributed by atoms with van der Waals surface area (Å²) in [6.07, 6.45) is 0. The minimum atomic E-state index is -0.541. The molecule has 0 atom stereocenters. The van der Waals surface area contributed by atoms with E-state index < -0.39 is 17.4 Å². The Morgan fingerprint density at radius 2 is 1.84 bits per heavy atom. The molecule has 0 N–H and O–H groups in total. The lowest BCUT2D eigenvalue weighted by Crippen LogP contribution is -2.05. The van der Waals surface area contributed by atoms with Gasteiger partial charge in [0, 0.05) is 11.1 Å². The van der Waals surface area contributed by atoms with Crippen molar-refractivity contribution in [3.63, 3.8) is 0 Å². The van der Waals surface area contributed by atoms with Crippen LogP contribution in [0.3, 0.4) is 0 Å². The standard InChI is InChI=1S/C14H8BrClF2O/c1-7-5-9(10(16)6-12(7)18)14(19)8-3-2-4-11(17)13(8)15/h2-6H,1H3. The predicted octanol–water partition coefficient (Wildman–Crippen LogP) is 4.92. The summed E-state index contributed by atoms with van der Waals surface area (Å²) in [6.45, 7) is 1.53. The largest absolute Gasteiger partial charge is 0.289 e. The van der Waals surface area contributed by atoms with E-state index in [1.807, 2.05) is 0 Å². The van der Waals surface area contributed by atoms with Crippen LogP contribution in [0, 0.1) is 18.6 Å². The molecule has 0 aliphatic carbocycles. The van der Waals surface area contributed by atoms with Gasteiger partial charge in [0.25, 0.3) is 0 Å². The maximum Gasteiger partial charge on any atom is 0.195 e. The summed E-state index contributed by atoms with van der Waals surface area (Å²) in [5.41, 5.74) is 0.597. The second-order valence-corrected chi connectivity index (χ2v) is 5.21. The highest BCUT2D eigenvalue weighted by Crippen LogP contribution is 2.27. The minimum Gasteiger partial charge on any atom is -0.289 e. The van der Waals surface area contributed by atoms with Gasteiger partial charge in [-0.1, -0.05) is 17.7 Å². The van der Waals surface area contributed by atoms with E-state index in [9.17, 15) is 13.6 Å². The lowest BCUT2D eigenvalue weighted by Gasteiger charge is -2.08. The van der Waals surface area contributed by atoms with Gasteiger partial charge in [-0.25, -0.2) is 8.78 Å². The van der Waals surface area contributed by atoms with Crippen molar-refractivity contribution in [2.75, 3.05) is 0 Å². The summed E-state index contributed by atoms with van der Waals surface area (Å²) in [5.74, 6) is -1.49. The number of rotatable bonds is 2. The van der Waals surface area contributed by atoms with E-state index in [1.165, 1.54) is 31.2 Å². The molecule has 98 valence electrons. The zero-order chi connectivity index (χ0) is 14.2. The van der Waals surface area contributed by atoms with Crippen LogP contribution in [0.25, 0.3) is 0 Å². The number of hydrogen-bond acceptors (Lipinski definition) is 1. The number of carbonyl (C=O) groups is 1. The zero-order valence-corrected chi connectivity index (χ0v) is 12.1. The normalized spacial score (nSPS) is 10.6. The van der Waals surface area contributed by atoms with E-state index in [4.69, 9.17) is 11.6 Å². The Labute approximate surface area is 122 Å². The molecule has 0 saturated heterocycles. The molecule has 2 aromatic carbocycles. The number of benzene rings is 2. The SMILES string of the molecule is Cc1cc(C(=O)c2cccc(F)c2Br)c(Cl)cc1F. The maximum atomic E-state index is 13.4. The molecule has 1 nitrogen and oxygen atoms in total. The molecule has 0 amide bonds. The number of carbonyl (C=O) groups excluding carboxylic acids is 1. The molecule has 2 rings (SSSR count). The van der Waals surface area contributed by atoms with Crippen molar-refractivity contribution in [3.05, 3.63) is 68.2 Å². The molecule has 0 aliphatic heterocycles. The van der Waals surface area contributed by atoms with Gasteiger partial charge in [-0.15, -0.1) is 0 Å². The third-order valence-corrected chi connectivity index (χ3v) is 3.81. The van der Waals surface area contributed by atoms with Crippen LogP contribution in [0.5, 0.6) is 0 Å². The van der Waals surface area contributed by atoms with Crippen molar-refractivity contribution < 1.29 is 13.6 Å². The maximum absolute atomic E-state index is 13.4. The first-order chi connectivity index (χ1) is 8.91. The minimum absolute atomic E-state index is 0.00395. The van der Waals surface area contributed by atoms with Crippen LogP contribution in [-0.2, 0) is 0 Å². The summed E-state index contributed by atoms with van der Waals surface area (Å²) in [5, 5.41) is 0.00395. The second kappa shape index (κ2) is 5.39. The first-order valence-electron chi connectivity index (χ1n) is 5.36. The summed E-state index contributed by atoms with van der Waals surface area (Å²) in [6, 6.07) is 6.58. The van der Waals surface area contributed by atoms with Gasteiger partial charge < -0.3 is 0 Å². The van der Waals surface area contributed by atoms with Gasteiger partial charge in [-0.05, 0) is 52.7 Å². The third-order valence-electron chi connectivity index (χ3n) is 2.69. The van der Waals surface area contributed by atoms with Crippen molar-refractivity contribution in [2.24, 2.45) is 0 Å². The number of halogens is 4. The predicted molar refractivity (Wildman–Crippen MR) is 73.7 cm³/mol. The molecule has 5 heteroatoms. The first-order valence-corrected chi connectivity index (χ1v) is 6.53. The second-order valence-electron chi connectivity index (χ2n) is 4.01. The number of aryl methyl sites for hydroxylation is 1. The number of ketones is 1. The molecule has 0 unspecified atom stereocenters. The average Bonchev–Trinajstić information content (AvgIpc) is 2.36. The highest BCUT2D eigenvalue weighted by atomic mass is 79.9. The fraction of sp³-hybridized carbons (Fsp3) is 0.0714. The van der Waals surface area contributed by atoms with E-state index in [2.05, 4.69) is 15.9 Å². The van der Waals surface area contributed by atoms with Crippen molar-refractivity contribution in [3.8, 4) is 0 Å². The van der Waals surface area contributed by atoms with E-state index in [1.54, 1.807) is 0 Å². The number of hydrogen-bond donors (Lipinski definition) is 0. The molecule has 2 aromatic rings. The van der Waals surface area contributed by atoms with Crippen LogP contribution >= 0.6 is 27.5 Å². The van der Waals surface area contributed by atoms with Gasteiger partial charge in [0.2, 0.25) is 0 Å². The Bertz CT molecular complexity index is 671. The van der Waals surface area contributed by atoms with Crippen LogP contribution in [0.2, 0.25) is 5.02 Å². The Morgan fingerprint density at radius 3 is 2.53 bits per heavy atom. The summed E-state index contributed by atoms with van der Waals surface area (Å²) in [7, 11) is 0. The van der Waals surface area contributed by atoms with Crippen LogP contribution < -0.4 is 0 Å². The smallest absolute Gasteiger partial charge is 0.195 e. The molecule has 19 heavy (non-hydrogen) atoms. The Balaban J connectivity index is 2.56. The monoisotopic (exact) mass is 344 g/mol. The molecule has 0 fully saturated rings. The Morgan fingerprint density at radius 1 is 1.16 bits per heavy atom.